The predicted molar refractivity (Wildman–Crippen MR) is 82.4 cm³/mol. The topological polar surface area (TPSA) is 66.0 Å². The Morgan fingerprint density at radius 2 is 2.14 bits per heavy atom. The van der Waals surface area contributed by atoms with E-state index in [-0.39, 0.29) is 12.1 Å². The van der Waals surface area contributed by atoms with Gasteiger partial charge in [-0.25, -0.2) is 0 Å². The SMILES string of the molecule is CSc1ccc(C=C(C#N)C(=O)NCc2ccco2)cc1. The Morgan fingerprint density at radius 3 is 2.71 bits per heavy atom. The van der Waals surface area contributed by atoms with E-state index in [1.807, 2.05) is 36.6 Å². The van der Waals surface area contributed by atoms with Crippen LogP contribution in [0.25, 0.3) is 6.08 Å². The number of hydrogen-bond donors (Lipinski definition) is 1. The normalized spacial score (nSPS) is 11.0. The van der Waals surface area contributed by atoms with Gasteiger partial charge in [0.15, 0.2) is 0 Å². The maximum atomic E-state index is 11.9. The summed E-state index contributed by atoms with van der Waals surface area (Å²) in [5.74, 6) is 0.229. The van der Waals surface area contributed by atoms with Crippen molar-refractivity contribution in [3.63, 3.8) is 0 Å². The Balaban J connectivity index is 2.05. The van der Waals surface area contributed by atoms with Gasteiger partial charge in [-0.1, -0.05) is 12.1 Å². The summed E-state index contributed by atoms with van der Waals surface area (Å²) in [6.07, 6.45) is 5.10. The second kappa shape index (κ2) is 7.36. The van der Waals surface area contributed by atoms with Crippen LogP contribution >= 0.6 is 11.8 Å². The fourth-order valence-corrected chi connectivity index (χ4v) is 2.10. The summed E-state index contributed by atoms with van der Waals surface area (Å²) in [5, 5.41) is 11.8. The van der Waals surface area contributed by atoms with E-state index in [4.69, 9.17) is 9.68 Å². The molecule has 1 amide bonds. The molecule has 0 radical (unpaired) electrons. The lowest BCUT2D eigenvalue weighted by molar-refractivity contribution is -0.117. The number of hydrogen-bond acceptors (Lipinski definition) is 4. The molecule has 0 spiro atoms. The van der Waals surface area contributed by atoms with Crippen LogP contribution in [0, 0.1) is 11.3 Å². The maximum absolute atomic E-state index is 11.9. The van der Waals surface area contributed by atoms with Gasteiger partial charge in [-0.15, -0.1) is 11.8 Å². The van der Waals surface area contributed by atoms with Crippen molar-refractivity contribution in [3.05, 3.63) is 59.6 Å². The molecule has 0 bridgehead atoms. The van der Waals surface area contributed by atoms with E-state index < -0.39 is 5.91 Å². The first-order chi connectivity index (χ1) is 10.2. The van der Waals surface area contributed by atoms with E-state index in [1.165, 1.54) is 6.26 Å². The van der Waals surface area contributed by atoms with Crippen molar-refractivity contribution >= 4 is 23.7 Å². The predicted octanol–water partition coefficient (Wildman–Crippen LogP) is 3.22. The van der Waals surface area contributed by atoms with Crippen LogP contribution in [-0.4, -0.2) is 12.2 Å². The molecule has 5 heteroatoms. The molecule has 106 valence electrons. The fourth-order valence-electron chi connectivity index (χ4n) is 1.69. The third-order valence-corrected chi connectivity index (χ3v) is 3.54. The molecule has 0 saturated carbocycles. The Labute approximate surface area is 127 Å². The third kappa shape index (κ3) is 4.26. The highest BCUT2D eigenvalue weighted by Gasteiger charge is 2.09. The van der Waals surface area contributed by atoms with Gasteiger partial charge < -0.3 is 9.73 Å². The largest absolute Gasteiger partial charge is 0.467 e. The van der Waals surface area contributed by atoms with Gasteiger partial charge in [0.05, 0.1) is 12.8 Å². The molecule has 0 fully saturated rings. The number of furan rings is 1. The van der Waals surface area contributed by atoms with E-state index in [0.29, 0.717) is 5.76 Å². The highest BCUT2D eigenvalue weighted by molar-refractivity contribution is 7.98. The molecule has 0 saturated heterocycles. The van der Waals surface area contributed by atoms with Gasteiger partial charge in [0.2, 0.25) is 0 Å². The Kier molecular flexibility index (Phi) is 5.24. The first-order valence-electron chi connectivity index (χ1n) is 6.29. The van der Waals surface area contributed by atoms with Crippen LogP contribution in [0.4, 0.5) is 0 Å². The zero-order valence-corrected chi connectivity index (χ0v) is 12.3. The average Bonchev–Trinajstić information content (AvgIpc) is 3.04. The lowest BCUT2D eigenvalue weighted by Crippen LogP contribution is -2.23. The molecule has 0 aliphatic rings. The first-order valence-corrected chi connectivity index (χ1v) is 7.52. The first kappa shape index (κ1) is 14.9. The number of nitriles is 1. The van der Waals surface area contributed by atoms with Crippen molar-refractivity contribution in [2.75, 3.05) is 6.26 Å². The molecular formula is C16H14N2O2S. The number of carbonyl (C=O) groups excluding carboxylic acids is 1. The Morgan fingerprint density at radius 1 is 1.38 bits per heavy atom. The minimum Gasteiger partial charge on any atom is -0.467 e. The maximum Gasteiger partial charge on any atom is 0.262 e. The van der Waals surface area contributed by atoms with Crippen molar-refractivity contribution in [3.8, 4) is 6.07 Å². The third-order valence-electron chi connectivity index (χ3n) is 2.80. The zero-order chi connectivity index (χ0) is 15.1. The smallest absolute Gasteiger partial charge is 0.262 e. The summed E-state index contributed by atoms with van der Waals surface area (Å²) in [5.41, 5.74) is 0.885. The molecule has 1 N–H and O–H groups in total. The molecular weight excluding hydrogens is 284 g/mol. The number of thioether (sulfide) groups is 1. The van der Waals surface area contributed by atoms with Gasteiger partial charge in [-0.2, -0.15) is 5.26 Å². The number of nitrogens with one attached hydrogen (secondary N) is 1. The van der Waals surface area contributed by atoms with E-state index in [9.17, 15) is 4.79 Å². The molecule has 1 aromatic carbocycles. The van der Waals surface area contributed by atoms with Gasteiger partial charge >= 0.3 is 0 Å². The van der Waals surface area contributed by atoms with Crippen molar-refractivity contribution < 1.29 is 9.21 Å². The summed E-state index contributed by atoms with van der Waals surface area (Å²) in [6, 6.07) is 13.1. The molecule has 0 aliphatic heterocycles. The van der Waals surface area contributed by atoms with Crippen LogP contribution < -0.4 is 5.32 Å². The van der Waals surface area contributed by atoms with Gasteiger partial charge in [0.1, 0.15) is 17.4 Å². The molecule has 2 rings (SSSR count). The van der Waals surface area contributed by atoms with Gasteiger partial charge in [-0.3, -0.25) is 4.79 Å². The highest BCUT2D eigenvalue weighted by Crippen LogP contribution is 2.16. The molecule has 2 aromatic rings. The molecule has 21 heavy (non-hydrogen) atoms. The van der Waals surface area contributed by atoms with Crippen LogP contribution in [0.5, 0.6) is 0 Å². The van der Waals surface area contributed by atoms with Crippen LogP contribution in [0.15, 0.2) is 57.5 Å². The van der Waals surface area contributed by atoms with E-state index in [1.54, 1.807) is 30.0 Å². The zero-order valence-electron chi connectivity index (χ0n) is 11.5. The number of amides is 1. The van der Waals surface area contributed by atoms with Crippen LogP contribution in [0.2, 0.25) is 0 Å². The van der Waals surface area contributed by atoms with Crippen molar-refractivity contribution in [1.82, 2.24) is 5.32 Å². The summed E-state index contributed by atoms with van der Waals surface area (Å²) < 4.78 is 5.12. The summed E-state index contributed by atoms with van der Waals surface area (Å²) in [4.78, 5) is 13.1. The second-order valence-corrected chi connectivity index (χ2v) is 5.08. The monoisotopic (exact) mass is 298 g/mol. The van der Waals surface area contributed by atoms with Gasteiger partial charge in [-0.05, 0) is 42.2 Å². The van der Waals surface area contributed by atoms with Crippen molar-refractivity contribution in [2.45, 2.75) is 11.4 Å². The van der Waals surface area contributed by atoms with E-state index in [2.05, 4.69) is 5.32 Å². The summed E-state index contributed by atoms with van der Waals surface area (Å²) >= 11 is 1.64. The van der Waals surface area contributed by atoms with Crippen LogP contribution in [-0.2, 0) is 11.3 Å². The number of benzene rings is 1. The Hall–Kier alpha value is -2.45. The molecule has 1 heterocycles. The highest BCUT2D eigenvalue weighted by atomic mass is 32.2. The number of nitrogens with zero attached hydrogens (tertiary/aromatic N) is 1. The fraction of sp³-hybridized carbons (Fsp3) is 0.125. The quantitative estimate of drug-likeness (QED) is 0.523. The minimum absolute atomic E-state index is 0.0680. The number of rotatable bonds is 5. The van der Waals surface area contributed by atoms with E-state index in [0.717, 1.165) is 10.5 Å². The molecule has 4 nitrogen and oxygen atoms in total. The molecule has 0 aliphatic carbocycles. The lowest BCUT2D eigenvalue weighted by atomic mass is 10.1. The molecule has 1 aromatic heterocycles. The standard InChI is InChI=1S/C16H14N2O2S/c1-21-15-6-4-12(5-7-15)9-13(10-17)16(19)18-11-14-3-2-8-20-14/h2-9H,11H2,1H3,(H,18,19). The van der Waals surface area contributed by atoms with Crippen molar-refractivity contribution in [2.24, 2.45) is 0 Å². The van der Waals surface area contributed by atoms with E-state index >= 15 is 0 Å². The van der Waals surface area contributed by atoms with Crippen LogP contribution in [0.3, 0.4) is 0 Å². The van der Waals surface area contributed by atoms with Gasteiger partial charge in [0, 0.05) is 4.90 Å². The lowest BCUT2D eigenvalue weighted by Gasteiger charge is -2.02. The number of carbonyl (C=O) groups is 1. The van der Waals surface area contributed by atoms with Crippen molar-refractivity contribution in [1.29, 1.82) is 5.26 Å². The molecule has 0 atom stereocenters. The van der Waals surface area contributed by atoms with Gasteiger partial charge in [0.25, 0.3) is 5.91 Å². The second-order valence-electron chi connectivity index (χ2n) is 4.21. The minimum atomic E-state index is -0.414. The van der Waals surface area contributed by atoms with Crippen LogP contribution in [0.1, 0.15) is 11.3 Å². The average molecular weight is 298 g/mol. The molecule has 0 unspecified atom stereocenters. The summed E-state index contributed by atoms with van der Waals surface area (Å²) in [7, 11) is 0. The summed E-state index contributed by atoms with van der Waals surface area (Å²) in [6.45, 7) is 0.260. The Bertz CT molecular complexity index is 667.